The van der Waals surface area contributed by atoms with Gasteiger partial charge in [-0.05, 0) is 37.5 Å². The molecule has 0 atom stereocenters. The first-order chi connectivity index (χ1) is 13.4. The Balaban J connectivity index is 1.51. The molecule has 1 fully saturated rings. The fourth-order valence-corrected chi connectivity index (χ4v) is 3.99. The van der Waals surface area contributed by atoms with E-state index in [1.165, 1.54) is 0 Å². The van der Waals surface area contributed by atoms with Gasteiger partial charge in [0.1, 0.15) is 10.8 Å². The third-order valence-corrected chi connectivity index (χ3v) is 5.98. The molecule has 2 heterocycles. The quantitative estimate of drug-likeness (QED) is 0.711. The standard InChI is InChI=1S/C21H29N3O3S/c1-15-5-6-16(2)21(17(15)3)27-13-20(25)23(4)11-18-14-28-19(22-18)12-24-7-9-26-10-8-24/h5-6,14H,7-13H2,1-4H3. The SMILES string of the molecule is Cc1ccc(C)c(OCC(=O)N(C)Cc2csc(CN3CCOCC3)n2)c1C. The number of hydrogen-bond acceptors (Lipinski definition) is 6. The van der Waals surface area contributed by atoms with Crippen LogP contribution in [0.25, 0.3) is 0 Å². The molecule has 28 heavy (non-hydrogen) atoms. The number of amides is 1. The molecule has 0 radical (unpaired) electrons. The van der Waals surface area contributed by atoms with E-state index in [4.69, 9.17) is 9.47 Å². The number of morpholine rings is 1. The van der Waals surface area contributed by atoms with Gasteiger partial charge >= 0.3 is 0 Å². The highest BCUT2D eigenvalue weighted by molar-refractivity contribution is 7.09. The minimum atomic E-state index is -0.0527. The second kappa shape index (κ2) is 9.49. The Bertz CT molecular complexity index is 815. The molecule has 2 aromatic rings. The summed E-state index contributed by atoms with van der Waals surface area (Å²) in [6.07, 6.45) is 0. The molecule has 1 aromatic heterocycles. The summed E-state index contributed by atoms with van der Waals surface area (Å²) in [7, 11) is 1.79. The minimum absolute atomic E-state index is 0.0341. The van der Waals surface area contributed by atoms with Crippen molar-refractivity contribution in [3.63, 3.8) is 0 Å². The zero-order chi connectivity index (χ0) is 20.1. The molecule has 0 unspecified atom stereocenters. The number of aryl methyl sites for hydroxylation is 2. The highest BCUT2D eigenvalue weighted by Crippen LogP contribution is 2.25. The van der Waals surface area contributed by atoms with E-state index in [0.29, 0.717) is 6.54 Å². The van der Waals surface area contributed by atoms with Crippen LogP contribution in [0.1, 0.15) is 27.4 Å². The molecule has 6 nitrogen and oxygen atoms in total. The Hall–Kier alpha value is -1.96. The number of ether oxygens (including phenoxy) is 2. The Labute approximate surface area is 171 Å². The summed E-state index contributed by atoms with van der Waals surface area (Å²) in [5.41, 5.74) is 4.22. The number of thiazole rings is 1. The van der Waals surface area contributed by atoms with Crippen LogP contribution >= 0.6 is 11.3 Å². The molecule has 0 bridgehead atoms. The first kappa shape index (κ1) is 20.8. The normalized spacial score (nSPS) is 14.9. The number of nitrogens with zero attached hydrogens (tertiary/aromatic N) is 3. The molecule has 1 saturated heterocycles. The van der Waals surface area contributed by atoms with Crippen LogP contribution in [-0.2, 0) is 22.6 Å². The minimum Gasteiger partial charge on any atom is -0.483 e. The molecule has 7 heteroatoms. The van der Waals surface area contributed by atoms with Crippen LogP contribution in [0.15, 0.2) is 17.5 Å². The number of hydrogen-bond donors (Lipinski definition) is 0. The lowest BCUT2D eigenvalue weighted by Crippen LogP contribution is -2.35. The lowest BCUT2D eigenvalue weighted by Gasteiger charge is -2.25. The molecule has 1 aliphatic rings. The predicted octanol–water partition coefficient (Wildman–Crippen LogP) is 2.94. The summed E-state index contributed by atoms with van der Waals surface area (Å²) in [6.45, 7) is 10.9. The maximum atomic E-state index is 12.5. The Kier molecular flexibility index (Phi) is 7.04. The van der Waals surface area contributed by atoms with Crippen LogP contribution in [0.4, 0.5) is 0 Å². The van der Waals surface area contributed by atoms with Crippen molar-refractivity contribution in [2.24, 2.45) is 0 Å². The molecule has 0 aliphatic carbocycles. The summed E-state index contributed by atoms with van der Waals surface area (Å²) in [5.74, 6) is 0.756. The Morgan fingerprint density at radius 1 is 1.25 bits per heavy atom. The van der Waals surface area contributed by atoms with Gasteiger partial charge in [0.2, 0.25) is 0 Å². The molecule has 1 amide bonds. The van der Waals surface area contributed by atoms with Crippen LogP contribution in [0.5, 0.6) is 5.75 Å². The highest BCUT2D eigenvalue weighted by Gasteiger charge is 2.16. The predicted molar refractivity (Wildman–Crippen MR) is 111 cm³/mol. The van der Waals surface area contributed by atoms with E-state index in [2.05, 4.69) is 16.0 Å². The van der Waals surface area contributed by atoms with Crippen molar-refractivity contribution in [3.8, 4) is 5.75 Å². The average Bonchev–Trinajstić information content (AvgIpc) is 3.12. The van der Waals surface area contributed by atoms with Crippen molar-refractivity contribution in [1.82, 2.24) is 14.8 Å². The highest BCUT2D eigenvalue weighted by atomic mass is 32.1. The van der Waals surface area contributed by atoms with Crippen LogP contribution in [0.3, 0.4) is 0 Å². The molecular weight excluding hydrogens is 374 g/mol. The maximum absolute atomic E-state index is 12.5. The number of carbonyl (C=O) groups excluding carboxylic acids is 1. The molecule has 1 aromatic carbocycles. The summed E-state index contributed by atoms with van der Waals surface area (Å²) < 4.78 is 11.2. The number of carbonyl (C=O) groups is 1. The van der Waals surface area contributed by atoms with Gasteiger partial charge in [0.15, 0.2) is 6.61 Å². The van der Waals surface area contributed by atoms with Gasteiger partial charge in [0.05, 0.1) is 32.0 Å². The average molecular weight is 404 g/mol. The van der Waals surface area contributed by atoms with Gasteiger partial charge in [-0.25, -0.2) is 4.98 Å². The summed E-state index contributed by atoms with van der Waals surface area (Å²) in [6, 6.07) is 4.10. The lowest BCUT2D eigenvalue weighted by atomic mass is 10.1. The van der Waals surface area contributed by atoms with Crippen molar-refractivity contribution in [3.05, 3.63) is 44.9 Å². The van der Waals surface area contributed by atoms with Crippen molar-refractivity contribution in [2.75, 3.05) is 40.0 Å². The van der Waals surface area contributed by atoms with Gasteiger partial charge < -0.3 is 14.4 Å². The van der Waals surface area contributed by atoms with Crippen molar-refractivity contribution in [2.45, 2.75) is 33.9 Å². The molecule has 0 N–H and O–H groups in total. The number of benzene rings is 1. The van der Waals surface area contributed by atoms with E-state index in [1.807, 2.05) is 32.2 Å². The monoisotopic (exact) mass is 403 g/mol. The Morgan fingerprint density at radius 3 is 2.71 bits per heavy atom. The smallest absolute Gasteiger partial charge is 0.260 e. The summed E-state index contributed by atoms with van der Waals surface area (Å²) >= 11 is 1.65. The number of likely N-dealkylation sites (N-methyl/N-ethyl adjacent to an activating group) is 1. The third kappa shape index (κ3) is 5.31. The summed E-state index contributed by atoms with van der Waals surface area (Å²) in [4.78, 5) is 21.2. The van der Waals surface area contributed by atoms with Gasteiger partial charge in [0.25, 0.3) is 5.91 Å². The van der Waals surface area contributed by atoms with E-state index < -0.39 is 0 Å². The second-order valence-electron chi connectivity index (χ2n) is 7.31. The lowest BCUT2D eigenvalue weighted by molar-refractivity contribution is -0.132. The zero-order valence-electron chi connectivity index (χ0n) is 17.2. The van der Waals surface area contributed by atoms with E-state index in [1.54, 1.807) is 23.3 Å². The van der Waals surface area contributed by atoms with Crippen molar-refractivity contribution < 1.29 is 14.3 Å². The van der Waals surface area contributed by atoms with Gasteiger partial charge in [0, 0.05) is 25.5 Å². The van der Waals surface area contributed by atoms with Gasteiger partial charge in [-0.15, -0.1) is 11.3 Å². The molecule has 3 rings (SSSR count). The molecule has 0 saturated carbocycles. The van der Waals surface area contributed by atoms with E-state index in [0.717, 1.165) is 66.0 Å². The molecule has 1 aliphatic heterocycles. The fourth-order valence-electron chi connectivity index (χ4n) is 3.17. The van der Waals surface area contributed by atoms with Crippen molar-refractivity contribution in [1.29, 1.82) is 0 Å². The van der Waals surface area contributed by atoms with Crippen LogP contribution in [0, 0.1) is 20.8 Å². The van der Waals surface area contributed by atoms with Gasteiger partial charge in [-0.3, -0.25) is 9.69 Å². The largest absolute Gasteiger partial charge is 0.483 e. The molecule has 0 spiro atoms. The fraction of sp³-hybridized carbons (Fsp3) is 0.524. The van der Waals surface area contributed by atoms with Crippen LogP contribution in [0.2, 0.25) is 0 Å². The first-order valence-corrected chi connectivity index (χ1v) is 10.5. The van der Waals surface area contributed by atoms with Crippen LogP contribution in [-0.4, -0.2) is 60.6 Å². The topological polar surface area (TPSA) is 54.9 Å². The molecular formula is C21H29N3O3S. The van der Waals surface area contributed by atoms with E-state index in [9.17, 15) is 4.79 Å². The van der Waals surface area contributed by atoms with Crippen molar-refractivity contribution >= 4 is 17.2 Å². The number of aromatic nitrogens is 1. The Morgan fingerprint density at radius 2 is 1.96 bits per heavy atom. The van der Waals surface area contributed by atoms with Gasteiger partial charge in [-0.2, -0.15) is 0 Å². The van der Waals surface area contributed by atoms with E-state index >= 15 is 0 Å². The second-order valence-corrected chi connectivity index (χ2v) is 8.26. The maximum Gasteiger partial charge on any atom is 0.260 e. The van der Waals surface area contributed by atoms with Gasteiger partial charge in [-0.1, -0.05) is 12.1 Å². The van der Waals surface area contributed by atoms with E-state index in [-0.39, 0.29) is 12.5 Å². The number of rotatable bonds is 7. The zero-order valence-corrected chi connectivity index (χ0v) is 18.0. The molecule has 152 valence electrons. The van der Waals surface area contributed by atoms with Crippen LogP contribution < -0.4 is 4.74 Å². The third-order valence-electron chi connectivity index (χ3n) is 5.10. The first-order valence-electron chi connectivity index (χ1n) is 9.61. The summed E-state index contributed by atoms with van der Waals surface area (Å²) in [5, 5.41) is 3.12.